The molecule has 0 amide bonds. The SMILES string of the molecule is COC(=O)c1ccc(C(=O)OCc2cn3ccccc3n2)cc1. The van der Waals surface area contributed by atoms with E-state index in [1.54, 1.807) is 0 Å². The fraction of sp³-hybridized carbons (Fsp3) is 0.118. The Morgan fingerprint density at radius 3 is 2.39 bits per heavy atom. The molecule has 0 N–H and O–H groups in total. The highest BCUT2D eigenvalue weighted by Gasteiger charge is 2.11. The zero-order valence-corrected chi connectivity index (χ0v) is 12.4. The van der Waals surface area contributed by atoms with Crippen molar-refractivity contribution in [3.05, 3.63) is 71.7 Å². The molecule has 3 rings (SSSR count). The zero-order valence-electron chi connectivity index (χ0n) is 12.4. The van der Waals surface area contributed by atoms with Crippen molar-refractivity contribution in [2.24, 2.45) is 0 Å². The van der Waals surface area contributed by atoms with Gasteiger partial charge in [-0.25, -0.2) is 14.6 Å². The molecule has 1 aromatic carbocycles. The molecule has 2 aromatic heterocycles. The third-order valence-electron chi connectivity index (χ3n) is 3.31. The standard InChI is InChI=1S/C17H14N2O4/c1-22-16(20)12-5-7-13(8-6-12)17(21)23-11-14-10-19-9-3-2-4-15(19)18-14/h2-10H,11H2,1H3. The molecule has 6 nitrogen and oxygen atoms in total. The van der Waals surface area contributed by atoms with Gasteiger partial charge in [0.25, 0.3) is 0 Å². The lowest BCUT2D eigenvalue weighted by Crippen LogP contribution is -2.07. The molecule has 0 radical (unpaired) electrons. The van der Waals surface area contributed by atoms with Crippen LogP contribution in [0.15, 0.2) is 54.9 Å². The molecule has 0 atom stereocenters. The Balaban J connectivity index is 1.65. The van der Waals surface area contributed by atoms with E-state index in [-0.39, 0.29) is 6.61 Å². The van der Waals surface area contributed by atoms with Crippen molar-refractivity contribution in [3.63, 3.8) is 0 Å². The smallest absolute Gasteiger partial charge is 0.338 e. The van der Waals surface area contributed by atoms with Gasteiger partial charge in [0.15, 0.2) is 0 Å². The van der Waals surface area contributed by atoms with Crippen molar-refractivity contribution < 1.29 is 19.1 Å². The molecule has 0 saturated carbocycles. The Morgan fingerprint density at radius 2 is 1.74 bits per heavy atom. The minimum absolute atomic E-state index is 0.0826. The number of rotatable bonds is 4. The summed E-state index contributed by atoms with van der Waals surface area (Å²) < 4.78 is 11.7. The van der Waals surface area contributed by atoms with E-state index in [2.05, 4.69) is 9.72 Å². The minimum Gasteiger partial charge on any atom is -0.465 e. The highest BCUT2D eigenvalue weighted by molar-refractivity contribution is 5.93. The van der Waals surface area contributed by atoms with E-state index in [0.717, 1.165) is 5.65 Å². The predicted molar refractivity (Wildman–Crippen MR) is 82.1 cm³/mol. The number of benzene rings is 1. The Kier molecular flexibility index (Phi) is 4.05. The number of hydrogen-bond acceptors (Lipinski definition) is 5. The topological polar surface area (TPSA) is 69.9 Å². The second-order valence-electron chi connectivity index (χ2n) is 4.84. The molecule has 3 aromatic rings. The first-order valence-corrected chi connectivity index (χ1v) is 6.95. The lowest BCUT2D eigenvalue weighted by atomic mass is 10.1. The minimum atomic E-state index is -0.474. The van der Waals surface area contributed by atoms with Gasteiger partial charge in [-0.3, -0.25) is 0 Å². The van der Waals surface area contributed by atoms with Gasteiger partial charge >= 0.3 is 11.9 Å². The van der Waals surface area contributed by atoms with Crippen LogP contribution in [0.2, 0.25) is 0 Å². The van der Waals surface area contributed by atoms with Crippen molar-refractivity contribution in [2.45, 2.75) is 6.61 Å². The molecule has 0 fully saturated rings. The Bertz CT molecular complexity index is 819. The average Bonchev–Trinajstić information content (AvgIpc) is 3.02. The summed E-state index contributed by atoms with van der Waals surface area (Å²) in [6.45, 7) is 0.0826. The number of carbonyl (C=O) groups is 2. The first-order valence-electron chi connectivity index (χ1n) is 6.95. The predicted octanol–water partition coefficient (Wildman–Crippen LogP) is 2.48. The third kappa shape index (κ3) is 3.21. The number of imidazole rings is 1. The molecule has 116 valence electrons. The molecule has 0 aliphatic heterocycles. The van der Waals surface area contributed by atoms with Crippen molar-refractivity contribution in [3.8, 4) is 0 Å². The Hall–Kier alpha value is -3.15. The summed E-state index contributed by atoms with van der Waals surface area (Å²) in [4.78, 5) is 27.7. The van der Waals surface area contributed by atoms with E-state index >= 15 is 0 Å². The van der Waals surface area contributed by atoms with Gasteiger partial charge in [-0.1, -0.05) is 6.07 Å². The van der Waals surface area contributed by atoms with Crippen molar-refractivity contribution in [2.75, 3.05) is 7.11 Å². The van der Waals surface area contributed by atoms with E-state index in [1.165, 1.54) is 31.4 Å². The van der Waals surface area contributed by atoms with Crippen LogP contribution in [-0.4, -0.2) is 28.4 Å². The second kappa shape index (κ2) is 6.31. The molecule has 0 unspecified atom stereocenters. The van der Waals surface area contributed by atoms with Crippen LogP contribution in [0.3, 0.4) is 0 Å². The number of aromatic nitrogens is 2. The summed E-state index contributed by atoms with van der Waals surface area (Å²) in [5.74, 6) is -0.923. The molecule has 2 heterocycles. The third-order valence-corrected chi connectivity index (χ3v) is 3.31. The first-order chi connectivity index (χ1) is 11.2. The zero-order chi connectivity index (χ0) is 16.2. The van der Waals surface area contributed by atoms with Gasteiger partial charge in [-0.2, -0.15) is 0 Å². The highest BCUT2D eigenvalue weighted by Crippen LogP contribution is 2.10. The van der Waals surface area contributed by atoms with E-state index in [4.69, 9.17) is 4.74 Å². The van der Waals surface area contributed by atoms with Gasteiger partial charge in [0, 0.05) is 12.4 Å². The van der Waals surface area contributed by atoms with E-state index in [0.29, 0.717) is 16.8 Å². The Labute approximate surface area is 132 Å². The van der Waals surface area contributed by atoms with Gasteiger partial charge in [0.1, 0.15) is 12.3 Å². The molecule has 23 heavy (non-hydrogen) atoms. The van der Waals surface area contributed by atoms with Gasteiger partial charge in [-0.05, 0) is 36.4 Å². The quantitative estimate of drug-likeness (QED) is 0.692. The number of fused-ring (bicyclic) bond motifs is 1. The molecular formula is C17H14N2O4. The maximum atomic E-state index is 12.0. The van der Waals surface area contributed by atoms with Gasteiger partial charge in [0.2, 0.25) is 0 Å². The summed E-state index contributed by atoms with van der Waals surface area (Å²) in [7, 11) is 1.30. The second-order valence-corrected chi connectivity index (χ2v) is 4.84. The number of pyridine rings is 1. The summed E-state index contributed by atoms with van der Waals surface area (Å²) in [6.07, 6.45) is 3.68. The van der Waals surface area contributed by atoms with Crippen molar-refractivity contribution in [1.82, 2.24) is 9.38 Å². The number of hydrogen-bond donors (Lipinski definition) is 0. The van der Waals surface area contributed by atoms with Crippen LogP contribution in [0.25, 0.3) is 5.65 Å². The van der Waals surface area contributed by atoms with Crippen LogP contribution in [0.1, 0.15) is 26.4 Å². The summed E-state index contributed by atoms with van der Waals surface area (Å²) in [5.41, 5.74) is 2.20. The Morgan fingerprint density at radius 1 is 1.04 bits per heavy atom. The molecule has 0 bridgehead atoms. The fourth-order valence-corrected chi connectivity index (χ4v) is 2.14. The fourth-order valence-electron chi connectivity index (χ4n) is 2.14. The van der Waals surface area contributed by atoms with E-state index in [1.807, 2.05) is 35.0 Å². The normalized spacial score (nSPS) is 10.5. The van der Waals surface area contributed by atoms with Crippen LogP contribution in [0.5, 0.6) is 0 Å². The molecule has 0 aliphatic carbocycles. The lowest BCUT2D eigenvalue weighted by molar-refractivity contribution is 0.0467. The molecular weight excluding hydrogens is 296 g/mol. The number of methoxy groups -OCH3 is 1. The van der Waals surface area contributed by atoms with E-state index < -0.39 is 11.9 Å². The van der Waals surface area contributed by atoms with Gasteiger partial charge < -0.3 is 13.9 Å². The van der Waals surface area contributed by atoms with Gasteiger partial charge in [0.05, 0.1) is 23.9 Å². The molecule has 0 aliphatic rings. The molecule has 6 heteroatoms. The van der Waals surface area contributed by atoms with Gasteiger partial charge in [-0.15, -0.1) is 0 Å². The van der Waals surface area contributed by atoms with Crippen LogP contribution in [-0.2, 0) is 16.1 Å². The van der Waals surface area contributed by atoms with Crippen LogP contribution in [0.4, 0.5) is 0 Å². The number of carbonyl (C=O) groups excluding carboxylic acids is 2. The molecule has 0 saturated heterocycles. The number of esters is 2. The first kappa shape index (κ1) is 14.8. The summed E-state index contributed by atoms with van der Waals surface area (Å²) in [6, 6.07) is 11.8. The van der Waals surface area contributed by atoms with Crippen molar-refractivity contribution >= 4 is 17.6 Å². The largest absolute Gasteiger partial charge is 0.465 e. The van der Waals surface area contributed by atoms with E-state index in [9.17, 15) is 9.59 Å². The monoisotopic (exact) mass is 310 g/mol. The lowest BCUT2D eigenvalue weighted by Gasteiger charge is -2.04. The number of ether oxygens (including phenoxy) is 2. The maximum absolute atomic E-state index is 12.0. The summed E-state index contributed by atoms with van der Waals surface area (Å²) in [5, 5.41) is 0. The van der Waals surface area contributed by atoms with Crippen LogP contribution < -0.4 is 0 Å². The average molecular weight is 310 g/mol. The highest BCUT2D eigenvalue weighted by atomic mass is 16.5. The van der Waals surface area contributed by atoms with Crippen molar-refractivity contribution in [1.29, 1.82) is 0 Å². The maximum Gasteiger partial charge on any atom is 0.338 e. The summed E-state index contributed by atoms with van der Waals surface area (Å²) >= 11 is 0. The molecule has 0 spiro atoms. The number of nitrogens with zero attached hydrogens (tertiary/aromatic N) is 2. The van der Waals surface area contributed by atoms with Crippen LogP contribution in [0, 0.1) is 0 Å². The van der Waals surface area contributed by atoms with Crippen LogP contribution >= 0.6 is 0 Å².